The van der Waals surface area contributed by atoms with Gasteiger partial charge in [-0.1, -0.05) is 36.4 Å². The molecule has 7 nitrogen and oxygen atoms in total. The first-order valence-electron chi connectivity index (χ1n) is 12.4. The number of nitrogens with zero attached hydrogens (tertiary/aromatic N) is 2. The minimum absolute atomic E-state index is 0.0246. The van der Waals surface area contributed by atoms with E-state index in [1.165, 1.54) is 0 Å². The fraction of sp³-hybridized carbons (Fsp3) is 0.345. The van der Waals surface area contributed by atoms with Crippen LogP contribution in [0.4, 0.5) is 5.69 Å². The second kappa shape index (κ2) is 10.8. The molecule has 3 aromatic carbocycles. The average Bonchev–Trinajstić information content (AvgIpc) is 3.15. The van der Waals surface area contributed by atoms with Gasteiger partial charge in [0.15, 0.2) is 0 Å². The molecule has 0 saturated heterocycles. The van der Waals surface area contributed by atoms with Crippen molar-refractivity contribution in [1.82, 2.24) is 10.2 Å². The van der Waals surface area contributed by atoms with Gasteiger partial charge in [0.25, 0.3) is 5.91 Å². The Labute approximate surface area is 212 Å². The Balaban J connectivity index is 1.46. The molecule has 0 bridgehead atoms. The van der Waals surface area contributed by atoms with Crippen LogP contribution >= 0.6 is 0 Å². The van der Waals surface area contributed by atoms with Gasteiger partial charge < -0.3 is 19.9 Å². The number of methoxy groups -OCH3 is 1. The van der Waals surface area contributed by atoms with Crippen LogP contribution in [0.2, 0.25) is 0 Å². The number of benzene rings is 3. The quantitative estimate of drug-likeness (QED) is 0.456. The topological polar surface area (TPSA) is 79.0 Å². The molecule has 7 heteroatoms. The van der Waals surface area contributed by atoms with Gasteiger partial charge in [-0.25, -0.2) is 0 Å². The molecular formula is C29H33N3O4. The largest absolute Gasteiger partial charge is 0.497 e. The Hall–Kier alpha value is -3.87. The molecule has 1 aliphatic heterocycles. The van der Waals surface area contributed by atoms with Crippen LogP contribution in [0, 0.1) is 0 Å². The van der Waals surface area contributed by atoms with E-state index >= 15 is 0 Å². The van der Waals surface area contributed by atoms with Crippen LogP contribution in [0.3, 0.4) is 0 Å². The van der Waals surface area contributed by atoms with Crippen molar-refractivity contribution in [2.45, 2.75) is 52.2 Å². The predicted molar refractivity (Wildman–Crippen MR) is 141 cm³/mol. The molecule has 0 unspecified atom stereocenters. The molecule has 1 N–H and O–H groups in total. The molecule has 0 radical (unpaired) electrons. The van der Waals surface area contributed by atoms with Crippen LogP contribution in [0.5, 0.6) is 5.75 Å². The summed E-state index contributed by atoms with van der Waals surface area (Å²) in [4.78, 5) is 42.6. The fourth-order valence-electron chi connectivity index (χ4n) is 4.65. The molecule has 0 saturated carbocycles. The molecule has 0 aliphatic carbocycles. The summed E-state index contributed by atoms with van der Waals surface area (Å²) in [5, 5.41) is 4.91. The van der Waals surface area contributed by atoms with Gasteiger partial charge in [-0.15, -0.1) is 0 Å². The summed E-state index contributed by atoms with van der Waals surface area (Å²) in [6.45, 7) is 6.28. The van der Waals surface area contributed by atoms with E-state index in [2.05, 4.69) is 5.32 Å². The minimum atomic E-state index is -0.631. The first-order chi connectivity index (χ1) is 17.3. The Kier molecular flexibility index (Phi) is 7.58. The summed E-state index contributed by atoms with van der Waals surface area (Å²) in [5.41, 5.74) is 2.50. The van der Waals surface area contributed by atoms with Gasteiger partial charge >= 0.3 is 0 Å². The Bertz CT molecular complexity index is 1260. The van der Waals surface area contributed by atoms with Crippen LogP contribution in [0.25, 0.3) is 10.8 Å². The fourth-order valence-corrected chi connectivity index (χ4v) is 4.65. The van der Waals surface area contributed by atoms with Crippen LogP contribution < -0.4 is 15.0 Å². The molecule has 0 fully saturated rings. The third kappa shape index (κ3) is 5.20. The van der Waals surface area contributed by atoms with Crippen molar-refractivity contribution in [3.8, 4) is 5.75 Å². The number of carbonyl (C=O) groups excluding carboxylic acids is 3. The number of rotatable bonds is 10. The van der Waals surface area contributed by atoms with E-state index in [1.807, 2.05) is 74.5 Å². The normalized spacial score (nSPS) is 13.2. The maximum atomic E-state index is 13.4. The highest BCUT2D eigenvalue weighted by Crippen LogP contribution is 2.37. The SMILES string of the molecule is COc1ccc(CN(C(=O)CCCN2C(=O)c3cccc4cccc2c34)[C@H](C)C(=O)NC(C)C)cc1. The number of anilines is 1. The van der Waals surface area contributed by atoms with E-state index in [-0.39, 0.29) is 30.2 Å². The lowest BCUT2D eigenvalue weighted by Gasteiger charge is -2.30. The summed E-state index contributed by atoms with van der Waals surface area (Å²) in [7, 11) is 1.60. The van der Waals surface area contributed by atoms with E-state index in [1.54, 1.807) is 23.8 Å². The van der Waals surface area contributed by atoms with Crippen LogP contribution in [-0.4, -0.2) is 48.4 Å². The monoisotopic (exact) mass is 487 g/mol. The molecule has 1 heterocycles. The van der Waals surface area contributed by atoms with Gasteiger partial charge in [-0.3, -0.25) is 14.4 Å². The number of carbonyl (C=O) groups is 3. The van der Waals surface area contributed by atoms with Crippen LogP contribution in [0.15, 0.2) is 60.7 Å². The standard InChI is InChI=1S/C29H33N3O4/c1-19(2)30-28(34)20(3)32(18-21-13-15-23(36-4)16-14-21)26(33)12-7-17-31-25-11-6-9-22-8-5-10-24(27(22)25)29(31)35/h5-6,8-11,13-16,19-20H,7,12,17-18H2,1-4H3,(H,30,34)/t20-/m1/s1. The molecule has 3 aromatic rings. The minimum Gasteiger partial charge on any atom is -0.497 e. The zero-order valence-corrected chi connectivity index (χ0v) is 21.3. The first kappa shape index (κ1) is 25.2. The molecule has 3 amide bonds. The van der Waals surface area contributed by atoms with E-state index in [0.29, 0.717) is 25.1 Å². The highest BCUT2D eigenvalue weighted by atomic mass is 16.5. The van der Waals surface area contributed by atoms with Crippen LogP contribution in [-0.2, 0) is 16.1 Å². The Morgan fingerprint density at radius 1 is 1.00 bits per heavy atom. The van der Waals surface area contributed by atoms with Gasteiger partial charge in [-0.2, -0.15) is 0 Å². The van der Waals surface area contributed by atoms with Gasteiger partial charge in [0.05, 0.1) is 12.8 Å². The number of hydrogen-bond acceptors (Lipinski definition) is 4. The van der Waals surface area contributed by atoms with Gasteiger partial charge in [0.2, 0.25) is 11.8 Å². The highest BCUT2D eigenvalue weighted by molar-refractivity contribution is 6.25. The third-order valence-electron chi connectivity index (χ3n) is 6.53. The van der Waals surface area contributed by atoms with E-state index < -0.39 is 6.04 Å². The average molecular weight is 488 g/mol. The van der Waals surface area contributed by atoms with Gasteiger partial charge in [0, 0.05) is 36.5 Å². The van der Waals surface area contributed by atoms with Crippen molar-refractivity contribution in [2.24, 2.45) is 0 Å². The summed E-state index contributed by atoms with van der Waals surface area (Å²) in [5.74, 6) is 0.380. The van der Waals surface area contributed by atoms with E-state index in [0.717, 1.165) is 27.8 Å². The molecule has 188 valence electrons. The lowest BCUT2D eigenvalue weighted by molar-refractivity contribution is -0.140. The van der Waals surface area contributed by atoms with Crippen molar-refractivity contribution in [3.63, 3.8) is 0 Å². The van der Waals surface area contributed by atoms with Crippen molar-refractivity contribution < 1.29 is 19.1 Å². The summed E-state index contributed by atoms with van der Waals surface area (Å²) < 4.78 is 5.23. The maximum absolute atomic E-state index is 13.4. The second-order valence-electron chi connectivity index (χ2n) is 9.45. The molecule has 0 spiro atoms. The van der Waals surface area contributed by atoms with Crippen LogP contribution in [0.1, 0.15) is 49.5 Å². The molecule has 0 aromatic heterocycles. The number of ether oxygens (including phenoxy) is 1. The smallest absolute Gasteiger partial charge is 0.258 e. The number of hydrogen-bond donors (Lipinski definition) is 1. The van der Waals surface area contributed by atoms with E-state index in [4.69, 9.17) is 4.74 Å². The molecule has 1 atom stereocenters. The predicted octanol–water partition coefficient (Wildman–Crippen LogP) is 4.53. The second-order valence-corrected chi connectivity index (χ2v) is 9.45. The van der Waals surface area contributed by atoms with Gasteiger partial charge in [-0.05, 0) is 62.4 Å². The summed E-state index contributed by atoms with van der Waals surface area (Å²) in [6.07, 6.45) is 0.720. The highest BCUT2D eigenvalue weighted by Gasteiger charge is 2.30. The lowest BCUT2D eigenvalue weighted by atomic mass is 10.1. The Morgan fingerprint density at radius 3 is 2.36 bits per heavy atom. The zero-order valence-electron chi connectivity index (χ0n) is 21.3. The first-order valence-corrected chi connectivity index (χ1v) is 12.4. The van der Waals surface area contributed by atoms with E-state index in [9.17, 15) is 14.4 Å². The number of amides is 3. The Morgan fingerprint density at radius 2 is 1.69 bits per heavy atom. The van der Waals surface area contributed by atoms with Crippen molar-refractivity contribution in [3.05, 3.63) is 71.8 Å². The summed E-state index contributed by atoms with van der Waals surface area (Å²) >= 11 is 0. The van der Waals surface area contributed by atoms with Gasteiger partial charge in [0.1, 0.15) is 11.8 Å². The number of nitrogens with one attached hydrogen (secondary N) is 1. The molecule has 4 rings (SSSR count). The van der Waals surface area contributed by atoms with Crippen molar-refractivity contribution >= 4 is 34.2 Å². The lowest BCUT2D eigenvalue weighted by Crippen LogP contribution is -2.49. The summed E-state index contributed by atoms with van der Waals surface area (Å²) in [6, 6.07) is 18.5. The molecule has 1 aliphatic rings. The third-order valence-corrected chi connectivity index (χ3v) is 6.53. The van der Waals surface area contributed by atoms with Crippen molar-refractivity contribution in [2.75, 3.05) is 18.6 Å². The van der Waals surface area contributed by atoms with Crippen molar-refractivity contribution in [1.29, 1.82) is 0 Å². The maximum Gasteiger partial charge on any atom is 0.258 e. The molecule has 36 heavy (non-hydrogen) atoms. The molecular weight excluding hydrogens is 454 g/mol. The zero-order chi connectivity index (χ0) is 25.8.